The number of fused-ring (bicyclic) bond motifs is 1. The number of hydrogen-bond acceptors (Lipinski definition) is 1. The summed E-state index contributed by atoms with van der Waals surface area (Å²) in [7, 11) is 0. The van der Waals surface area contributed by atoms with Crippen LogP contribution in [-0.4, -0.2) is 4.98 Å². The van der Waals surface area contributed by atoms with Gasteiger partial charge in [0.25, 0.3) is 5.56 Å². The Balaban J connectivity index is 3.07. The predicted octanol–water partition coefficient (Wildman–Crippen LogP) is 1.67. The molecule has 1 aromatic heterocycles. The van der Waals surface area contributed by atoms with Crippen LogP contribution in [0.3, 0.4) is 0 Å². The summed E-state index contributed by atoms with van der Waals surface area (Å²) < 4.78 is 13.0. The van der Waals surface area contributed by atoms with Gasteiger partial charge in [0.15, 0.2) is 0 Å². The molecular formula is C9H6FNO. The second-order valence-electron chi connectivity index (χ2n) is 2.51. The van der Waals surface area contributed by atoms with Gasteiger partial charge in [-0.3, -0.25) is 4.79 Å². The van der Waals surface area contributed by atoms with Crippen LogP contribution in [0.5, 0.6) is 0 Å². The molecule has 0 aliphatic rings. The lowest BCUT2D eigenvalue weighted by Crippen LogP contribution is -2.05. The Bertz CT molecular complexity index is 470. The first kappa shape index (κ1) is 7.03. The van der Waals surface area contributed by atoms with Crippen molar-refractivity contribution < 1.29 is 4.39 Å². The van der Waals surface area contributed by atoms with E-state index in [0.717, 1.165) is 0 Å². The van der Waals surface area contributed by atoms with Crippen LogP contribution < -0.4 is 5.56 Å². The monoisotopic (exact) mass is 163 g/mol. The van der Waals surface area contributed by atoms with Crippen molar-refractivity contribution in [3.63, 3.8) is 0 Å². The van der Waals surface area contributed by atoms with Gasteiger partial charge in [-0.2, -0.15) is 0 Å². The van der Waals surface area contributed by atoms with Crippen LogP contribution in [0.25, 0.3) is 10.8 Å². The zero-order valence-corrected chi connectivity index (χ0v) is 6.17. The Labute approximate surface area is 67.7 Å². The van der Waals surface area contributed by atoms with E-state index in [1.54, 1.807) is 18.2 Å². The molecule has 0 bridgehead atoms. The molecule has 0 radical (unpaired) electrons. The molecule has 0 aliphatic carbocycles. The van der Waals surface area contributed by atoms with Crippen LogP contribution >= 0.6 is 0 Å². The van der Waals surface area contributed by atoms with Crippen LogP contribution in [-0.2, 0) is 0 Å². The quantitative estimate of drug-likeness (QED) is 0.629. The van der Waals surface area contributed by atoms with E-state index in [2.05, 4.69) is 4.98 Å². The lowest BCUT2D eigenvalue weighted by Gasteiger charge is -1.95. The third-order valence-corrected chi connectivity index (χ3v) is 1.75. The summed E-state index contributed by atoms with van der Waals surface area (Å²) in [4.78, 5) is 13.5. The molecule has 1 N–H and O–H groups in total. The van der Waals surface area contributed by atoms with Gasteiger partial charge in [0.1, 0.15) is 5.82 Å². The second-order valence-corrected chi connectivity index (χ2v) is 2.51. The number of aromatic nitrogens is 1. The molecule has 0 fully saturated rings. The van der Waals surface area contributed by atoms with Gasteiger partial charge >= 0.3 is 0 Å². The van der Waals surface area contributed by atoms with Crippen LogP contribution in [0.15, 0.2) is 35.3 Å². The molecule has 0 spiro atoms. The van der Waals surface area contributed by atoms with Crippen molar-refractivity contribution in [3.8, 4) is 0 Å². The molecule has 60 valence electrons. The molecule has 1 heterocycles. The van der Waals surface area contributed by atoms with Crippen molar-refractivity contribution in [2.75, 3.05) is 0 Å². The second kappa shape index (κ2) is 2.44. The van der Waals surface area contributed by atoms with Crippen molar-refractivity contribution in [1.29, 1.82) is 0 Å². The van der Waals surface area contributed by atoms with Crippen molar-refractivity contribution in [3.05, 3.63) is 46.6 Å². The molecule has 2 aromatic rings. The van der Waals surface area contributed by atoms with Gasteiger partial charge < -0.3 is 4.98 Å². The molecule has 3 heteroatoms. The summed E-state index contributed by atoms with van der Waals surface area (Å²) in [5.74, 6) is -0.477. The number of benzene rings is 1. The van der Waals surface area contributed by atoms with E-state index in [0.29, 0.717) is 5.39 Å². The molecule has 1 aromatic carbocycles. The molecule has 0 unspecified atom stereocenters. The van der Waals surface area contributed by atoms with Crippen molar-refractivity contribution in [1.82, 2.24) is 4.98 Å². The van der Waals surface area contributed by atoms with Gasteiger partial charge in [-0.15, -0.1) is 0 Å². The fraction of sp³-hybridized carbons (Fsp3) is 0. The van der Waals surface area contributed by atoms with Gasteiger partial charge in [-0.25, -0.2) is 4.39 Å². The lowest BCUT2D eigenvalue weighted by atomic mass is 10.2. The zero-order valence-electron chi connectivity index (χ0n) is 6.17. The number of aromatic amines is 1. The predicted molar refractivity (Wildman–Crippen MR) is 44.5 cm³/mol. The first-order valence-corrected chi connectivity index (χ1v) is 3.55. The van der Waals surface area contributed by atoms with E-state index in [1.807, 2.05) is 0 Å². The minimum atomic E-state index is -0.477. The smallest absolute Gasteiger partial charge is 0.258 e. The van der Waals surface area contributed by atoms with Gasteiger partial charge in [-0.05, 0) is 17.5 Å². The largest absolute Gasteiger partial charge is 0.328 e. The van der Waals surface area contributed by atoms with Crippen LogP contribution in [0, 0.1) is 5.82 Å². The summed E-state index contributed by atoms with van der Waals surface area (Å²) in [5, 5.41) is 0.749. The number of pyridine rings is 1. The molecule has 0 atom stereocenters. The fourth-order valence-corrected chi connectivity index (χ4v) is 1.20. The SMILES string of the molecule is O=c1[nH]ccc2cccc(F)c12. The summed E-state index contributed by atoms with van der Waals surface area (Å²) >= 11 is 0. The third kappa shape index (κ3) is 0.906. The molecule has 0 aliphatic heterocycles. The van der Waals surface area contributed by atoms with E-state index in [-0.39, 0.29) is 10.9 Å². The van der Waals surface area contributed by atoms with Crippen LogP contribution in [0.1, 0.15) is 0 Å². The summed E-state index contributed by atoms with van der Waals surface area (Å²) in [6.45, 7) is 0. The maximum atomic E-state index is 13.0. The van der Waals surface area contributed by atoms with Crippen molar-refractivity contribution in [2.24, 2.45) is 0 Å². The molecule has 0 amide bonds. The highest BCUT2D eigenvalue weighted by molar-refractivity contribution is 5.81. The normalized spacial score (nSPS) is 10.4. The van der Waals surface area contributed by atoms with Gasteiger partial charge in [0, 0.05) is 6.20 Å². The van der Waals surface area contributed by atoms with Gasteiger partial charge in [0.05, 0.1) is 5.39 Å². The van der Waals surface area contributed by atoms with Crippen LogP contribution in [0.2, 0.25) is 0 Å². The molecular weight excluding hydrogens is 157 g/mol. The van der Waals surface area contributed by atoms with E-state index in [9.17, 15) is 9.18 Å². The van der Waals surface area contributed by atoms with Crippen molar-refractivity contribution >= 4 is 10.8 Å². The van der Waals surface area contributed by atoms with E-state index in [4.69, 9.17) is 0 Å². The Kier molecular flexibility index (Phi) is 1.43. The summed E-state index contributed by atoms with van der Waals surface area (Å²) in [6.07, 6.45) is 1.50. The fourth-order valence-electron chi connectivity index (χ4n) is 1.20. The topological polar surface area (TPSA) is 32.9 Å². The van der Waals surface area contributed by atoms with E-state index >= 15 is 0 Å². The number of rotatable bonds is 0. The molecule has 0 saturated heterocycles. The van der Waals surface area contributed by atoms with Crippen molar-refractivity contribution in [2.45, 2.75) is 0 Å². The minimum absolute atomic E-state index is 0.125. The molecule has 12 heavy (non-hydrogen) atoms. The Morgan fingerprint density at radius 1 is 1.25 bits per heavy atom. The highest BCUT2D eigenvalue weighted by Crippen LogP contribution is 2.11. The average Bonchev–Trinajstić information content (AvgIpc) is 2.04. The molecule has 2 nitrogen and oxygen atoms in total. The number of hydrogen-bond donors (Lipinski definition) is 1. The molecule has 2 rings (SSSR count). The van der Waals surface area contributed by atoms with E-state index in [1.165, 1.54) is 12.3 Å². The first-order valence-electron chi connectivity index (χ1n) is 3.55. The number of halogens is 1. The minimum Gasteiger partial charge on any atom is -0.328 e. The Morgan fingerprint density at radius 3 is 2.83 bits per heavy atom. The molecule has 0 saturated carbocycles. The Morgan fingerprint density at radius 2 is 2.08 bits per heavy atom. The maximum absolute atomic E-state index is 13.0. The van der Waals surface area contributed by atoms with E-state index < -0.39 is 5.82 Å². The zero-order chi connectivity index (χ0) is 8.55. The third-order valence-electron chi connectivity index (χ3n) is 1.75. The highest BCUT2D eigenvalue weighted by Gasteiger charge is 2.01. The maximum Gasteiger partial charge on any atom is 0.258 e. The summed E-state index contributed by atoms with van der Waals surface area (Å²) in [6, 6.07) is 6.22. The Hall–Kier alpha value is -1.64. The standard InChI is InChI=1S/C9H6FNO/c10-7-3-1-2-6-4-5-11-9(12)8(6)7/h1-5H,(H,11,12). The lowest BCUT2D eigenvalue weighted by molar-refractivity contribution is 0.638. The van der Waals surface area contributed by atoms with Crippen LogP contribution in [0.4, 0.5) is 4.39 Å². The highest BCUT2D eigenvalue weighted by atomic mass is 19.1. The summed E-state index contributed by atoms with van der Waals surface area (Å²) in [5.41, 5.74) is -0.384. The first-order chi connectivity index (χ1) is 5.79. The number of nitrogens with one attached hydrogen (secondary N) is 1. The van der Waals surface area contributed by atoms with Gasteiger partial charge in [0.2, 0.25) is 0 Å². The number of H-pyrrole nitrogens is 1. The van der Waals surface area contributed by atoms with Gasteiger partial charge in [-0.1, -0.05) is 12.1 Å². The average molecular weight is 163 g/mol.